The molecule has 1 N–H and O–H groups in total. The molecule has 5 aromatic rings. The number of fused-ring (bicyclic) bond motifs is 3. The van der Waals surface area contributed by atoms with Crippen LogP contribution in [0.5, 0.6) is 17.2 Å². The summed E-state index contributed by atoms with van der Waals surface area (Å²) in [5, 5.41) is 9.66. The standard InChI is InChI=1S/C39H38N4O6/c1-47-35-22-31-33(40-24-29-11-8-19-42(29)38(31)44)23-36(35)48-20-7-3-6-18-43-34-21-28(39(45)46)14-17-32(34)41-37(43)27-12-15-30(16-13-27)49-25-26-9-4-2-5-10-26/h2,4-5,9-10,12-17,21-24,29H,3,6-8,11,18-20,25H2,1H3,(H,45,46)/t29-/m0/s1. The minimum absolute atomic E-state index is 0.0194. The first kappa shape index (κ1) is 31.9. The molecule has 1 atom stereocenters. The lowest BCUT2D eigenvalue weighted by atomic mass is 10.1. The van der Waals surface area contributed by atoms with E-state index in [0.29, 0.717) is 42.5 Å². The number of unbranched alkanes of at least 4 members (excludes halogenated alkanes) is 2. The summed E-state index contributed by atoms with van der Waals surface area (Å²) in [4.78, 5) is 36.4. The van der Waals surface area contributed by atoms with Gasteiger partial charge < -0.3 is 28.8 Å². The van der Waals surface area contributed by atoms with Gasteiger partial charge in [-0.15, -0.1) is 0 Å². The van der Waals surface area contributed by atoms with Crippen molar-refractivity contribution in [2.75, 3.05) is 20.3 Å². The largest absolute Gasteiger partial charge is 0.493 e. The van der Waals surface area contributed by atoms with Crippen molar-refractivity contribution in [2.45, 2.75) is 51.3 Å². The number of carbonyl (C=O) groups is 2. The maximum absolute atomic E-state index is 13.2. The number of imidazole rings is 1. The number of rotatable bonds is 13. The summed E-state index contributed by atoms with van der Waals surface area (Å²) in [7, 11) is 1.58. The molecule has 1 aromatic heterocycles. The Hall–Kier alpha value is -5.64. The van der Waals surface area contributed by atoms with Crippen molar-refractivity contribution in [2.24, 2.45) is 4.99 Å². The Morgan fingerprint density at radius 2 is 1.78 bits per heavy atom. The highest BCUT2D eigenvalue weighted by molar-refractivity contribution is 6.03. The Morgan fingerprint density at radius 1 is 0.939 bits per heavy atom. The number of carboxylic acids is 1. The van der Waals surface area contributed by atoms with E-state index in [9.17, 15) is 14.7 Å². The van der Waals surface area contributed by atoms with E-state index in [-0.39, 0.29) is 17.5 Å². The third-order valence-corrected chi connectivity index (χ3v) is 9.10. The zero-order valence-electron chi connectivity index (χ0n) is 27.4. The SMILES string of the molecule is COc1cc2c(cc1OCCCCCn1c(-c3ccc(OCc4ccccc4)cc3)nc3ccc(C(=O)O)cc31)N=C[C@@H]1CCCN1C2=O. The molecule has 0 aliphatic carbocycles. The van der Waals surface area contributed by atoms with Gasteiger partial charge in [0.15, 0.2) is 11.5 Å². The van der Waals surface area contributed by atoms with Crippen LogP contribution in [0.25, 0.3) is 22.4 Å². The predicted octanol–water partition coefficient (Wildman–Crippen LogP) is 7.56. The van der Waals surface area contributed by atoms with E-state index in [0.717, 1.165) is 72.4 Å². The molecule has 0 spiro atoms. The summed E-state index contributed by atoms with van der Waals surface area (Å²) in [5.41, 5.74) is 4.89. The highest BCUT2D eigenvalue weighted by Crippen LogP contribution is 2.38. The van der Waals surface area contributed by atoms with Crippen LogP contribution in [0.4, 0.5) is 5.69 Å². The predicted molar refractivity (Wildman–Crippen MR) is 187 cm³/mol. The number of aromatic carboxylic acids is 1. The highest BCUT2D eigenvalue weighted by atomic mass is 16.5. The van der Waals surface area contributed by atoms with E-state index < -0.39 is 5.97 Å². The molecule has 0 bridgehead atoms. The van der Waals surface area contributed by atoms with Gasteiger partial charge in [0, 0.05) is 30.9 Å². The summed E-state index contributed by atoms with van der Waals surface area (Å²) in [6, 6.07) is 26.5. The van der Waals surface area contributed by atoms with Crippen LogP contribution < -0.4 is 14.2 Å². The topological polar surface area (TPSA) is 115 Å². The molecule has 2 aliphatic heterocycles. The first-order valence-electron chi connectivity index (χ1n) is 16.7. The Labute approximate surface area is 284 Å². The van der Waals surface area contributed by atoms with Gasteiger partial charge in [0.2, 0.25) is 0 Å². The number of carbonyl (C=O) groups excluding carboxylic acids is 1. The van der Waals surface area contributed by atoms with Crippen molar-refractivity contribution in [3.63, 3.8) is 0 Å². The second-order valence-electron chi connectivity index (χ2n) is 12.3. The molecule has 3 heterocycles. The van der Waals surface area contributed by atoms with E-state index in [1.165, 1.54) is 0 Å². The number of hydrogen-bond acceptors (Lipinski definition) is 7. The number of carboxylic acid groups (broad SMARTS) is 1. The number of aromatic nitrogens is 2. The third-order valence-electron chi connectivity index (χ3n) is 9.10. The fourth-order valence-electron chi connectivity index (χ4n) is 6.49. The number of methoxy groups -OCH3 is 1. The van der Waals surface area contributed by atoms with Crippen LogP contribution in [0.15, 0.2) is 89.9 Å². The molecule has 0 radical (unpaired) electrons. The highest BCUT2D eigenvalue weighted by Gasteiger charge is 2.32. The number of benzene rings is 4. The van der Waals surface area contributed by atoms with E-state index >= 15 is 0 Å². The average Bonchev–Trinajstić information content (AvgIpc) is 3.73. The average molecular weight is 659 g/mol. The van der Waals surface area contributed by atoms with Crippen LogP contribution in [0.1, 0.15) is 58.4 Å². The fourth-order valence-corrected chi connectivity index (χ4v) is 6.49. The maximum atomic E-state index is 13.2. The van der Waals surface area contributed by atoms with E-state index in [2.05, 4.69) is 9.56 Å². The van der Waals surface area contributed by atoms with Crippen LogP contribution in [-0.2, 0) is 13.2 Å². The van der Waals surface area contributed by atoms with E-state index in [4.69, 9.17) is 19.2 Å². The van der Waals surface area contributed by atoms with Gasteiger partial charge in [0.1, 0.15) is 18.2 Å². The smallest absolute Gasteiger partial charge is 0.335 e. The molecule has 10 nitrogen and oxygen atoms in total. The Kier molecular flexibility index (Phi) is 9.27. The van der Waals surface area contributed by atoms with Crippen LogP contribution in [0.2, 0.25) is 0 Å². The maximum Gasteiger partial charge on any atom is 0.335 e. The zero-order valence-corrected chi connectivity index (χ0v) is 27.4. The molecule has 1 saturated heterocycles. The molecular weight excluding hydrogens is 620 g/mol. The summed E-state index contributed by atoms with van der Waals surface area (Å²) in [6.07, 6.45) is 6.26. The molecule has 1 amide bonds. The van der Waals surface area contributed by atoms with Crippen molar-refractivity contribution < 1.29 is 28.9 Å². The quantitative estimate of drug-likeness (QED) is 0.130. The Morgan fingerprint density at radius 3 is 2.57 bits per heavy atom. The molecule has 250 valence electrons. The minimum Gasteiger partial charge on any atom is -0.493 e. The van der Waals surface area contributed by atoms with Crippen molar-refractivity contribution in [1.29, 1.82) is 0 Å². The molecule has 4 aromatic carbocycles. The van der Waals surface area contributed by atoms with Gasteiger partial charge in [0.05, 0.1) is 47.6 Å². The first-order chi connectivity index (χ1) is 24.0. The van der Waals surface area contributed by atoms with Crippen LogP contribution in [0.3, 0.4) is 0 Å². The number of nitrogens with zero attached hydrogens (tertiary/aromatic N) is 4. The zero-order chi connectivity index (χ0) is 33.7. The van der Waals surface area contributed by atoms with Gasteiger partial charge in [-0.1, -0.05) is 30.3 Å². The number of hydrogen-bond donors (Lipinski definition) is 1. The van der Waals surface area contributed by atoms with Gasteiger partial charge >= 0.3 is 5.97 Å². The Balaban J connectivity index is 1.01. The van der Waals surface area contributed by atoms with Gasteiger partial charge in [-0.05, 0) is 86.2 Å². The van der Waals surface area contributed by atoms with Crippen LogP contribution in [-0.4, -0.2) is 64.0 Å². The number of aryl methyl sites for hydroxylation is 1. The van der Waals surface area contributed by atoms with Crippen molar-refractivity contribution in [3.05, 3.63) is 102 Å². The second kappa shape index (κ2) is 14.2. The van der Waals surface area contributed by atoms with Crippen molar-refractivity contribution in [3.8, 4) is 28.6 Å². The van der Waals surface area contributed by atoms with E-state index in [1.54, 1.807) is 37.4 Å². The molecule has 49 heavy (non-hydrogen) atoms. The lowest BCUT2D eigenvalue weighted by Crippen LogP contribution is -2.35. The van der Waals surface area contributed by atoms with Crippen LogP contribution in [0, 0.1) is 0 Å². The number of aliphatic imine (C=N–C) groups is 1. The molecule has 2 aliphatic rings. The summed E-state index contributed by atoms with van der Waals surface area (Å²) in [5.74, 6) is 1.61. The lowest BCUT2D eigenvalue weighted by Gasteiger charge is -2.20. The molecular formula is C39H38N4O6. The number of amides is 1. The van der Waals surface area contributed by atoms with Gasteiger partial charge in [-0.25, -0.2) is 9.78 Å². The normalized spacial score (nSPS) is 15.2. The van der Waals surface area contributed by atoms with Gasteiger partial charge in [0.25, 0.3) is 5.91 Å². The van der Waals surface area contributed by atoms with Crippen molar-refractivity contribution >= 4 is 34.8 Å². The van der Waals surface area contributed by atoms with Gasteiger partial charge in [-0.3, -0.25) is 9.79 Å². The lowest BCUT2D eigenvalue weighted by molar-refractivity contribution is 0.0696. The molecule has 1 fully saturated rings. The van der Waals surface area contributed by atoms with Crippen LogP contribution >= 0.6 is 0 Å². The molecule has 0 unspecified atom stereocenters. The van der Waals surface area contributed by atoms with E-state index in [1.807, 2.05) is 65.7 Å². The van der Waals surface area contributed by atoms with Crippen molar-refractivity contribution in [1.82, 2.24) is 14.5 Å². The molecule has 0 saturated carbocycles. The molecule has 10 heteroatoms. The first-order valence-corrected chi connectivity index (χ1v) is 16.7. The number of ether oxygens (including phenoxy) is 3. The Bertz CT molecular complexity index is 2000. The minimum atomic E-state index is -0.975. The summed E-state index contributed by atoms with van der Waals surface area (Å²) >= 11 is 0. The monoisotopic (exact) mass is 658 g/mol. The van der Waals surface area contributed by atoms with Gasteiger partial charge in [-0.2, -0.15) is 0 Å². The molecule has 7 rings (SSSR count). The third kappa shape index (κ3) is 6.85. The summed E-state index contributed by atoms with van der Waals surface area (Å²) < 4.78 is 19.8. The second-order valence-corrected chi connectivity index (χ2v) is 12.3. The summed E-state index contributed by atoms with van der Waals surface area (Å²) in [6.45, 7) is 2.33. The fraction of sp³-hybridized carbons (Fsp3) is 0.282.